The van der Waals surface area contributed by atoms with Crippen LogP contribution in [-0.2, 0) is 21.3 Å². The van der Waals surface area contributed by atoms with Crippen LogP contribution in [0.4, 0.5) is 0 Å². The Balaban J connectivity index is 1.35. The number of likely N-dealkylation sites (tertiary alicyclic amines) is 1. The number of benzene rings is 1. The molecule has 1 N–H and O–H groups in total. The highest BCUT2D eigenvalue weighted by molar-refractivity contribution is 7.89. The number of ether oxygens (including phenoxy) is 3. The maximum atomic E-state index is 11.7. The van der Waals surface area contributed by atoms with E-state index in [0.29, 0.717) is 19.1 Å². The summed E-state index contributed by atoms with van der Waals surface area (Å²) in [4.78, 5) is 2.37. The van der Waals surface area contributed by atoms with Gasteiger partial charge in [-0.1, -0.05) is 6.07 Å². The quantitative estimate of drug-likeness (QED) is 0.800. The molecule has 25 heavy (non-hydrogen) atoms. The molecule has 7 nitrogen and oxygen atoms in total. The van der Waals surface area contributed by atoms with Crippen LogP contribution in [0.5, 0.6) is 11.5 Å². The fraction of sp³-hybridized carbons (Fsp3) is 0.647. The Bertz CT molecular complexity index is 739. The van der Waals surface area contributed by atoms with E-state index in [4.69, 9.17) is 14.2 Å². The van der Waals surface area contributed by atoms with Gasteiger partial charge in [-0.15, -0.1) is 0 Å². The Morgan fingerprint density at radius 1 is 1.24 bits per heavy atom. The van der Waals surface area contributed by atoms with Crippen LogP contribution in [-0.4, -0.2) is 58.2 Å². The van der Waals surface area contributed by atoms with E-state index in [1.807, 2.05) is 12.1 Å². The Labute approximate surface area is 148 Å². The summed E-state index contributed by atoms with van der Waals surface area (Å²) >= 11 is 0. The molecule has 1 aromatic carbocycles. The lowest BCUT2D eigenvalue weighted by Gasteiger charge is -2.20. The summed E-state index contributed by atoms with van der Waals surface area (Å²) in [6, 6.07) is 6.05. The summed E-state index contributed by atoms with van der Waals surface area (Å²) in [6.45, 7) is 5.69. The molecule has 8 heteroatoms. The molecule has 138 valence electrons. The van der Waals surface area contributed by atoms with Gasteiger partial charge >= 0.3 is 0 Å². The van der Waals surface area contributed by atoms with E-state index in [2.05, 4.69) is 15.7 Å². The lowest BCUT2D eigenvalue weighted by atomic mass is 9.93. The first-order valence-electron chi connectivity index (χ1n) is 8.74. The number of nitrogens with zero attached hydrogens (tertiary/aromatic N) is 1. The molecule has 2 fully saturated rings. The first-order valence-corrected chi connectivity index (χ1v) is 10.4. The van der Waals surface area contributed by atoms with Crippen molar-refractivity contribution in [1.29, 1.82) is 0 Å². The molecule has 0 unspecified atom stereocenters. The van der Waals surface area contributed by atoms with Crippen LogP contribution in [0.1, 0.15) is 12.5 Å². The Morgan fingerprint density at radius 2 is 2.08 bits per heavy atom. The highest BCUT2D eigenvalue weighted by Crippen LogP contribution is 2.36. The second-order valence-corrected chi connectivity index (χ2v) is 9.02. The third kappa shape index (κ3) is 3.62. The number of hydrogen-bond donors (Lipinski definition) is 1. The molecule has 3 aliphatic heterocycles. The van der Waals surface area contributed by atoms with Crippen molar-refractivity contribution in [2.24, 2.45) is 11.8 Å². The zero-order chi connectivity index (χ0) is 17.4. The van der Waals surface area contributed by atoms with Crippen molar-refractivity contribution in [3.05, 3.63) is 23.8 Å². The minimum absolute atomic E-state index is 0.116. The van der Waals surface area contributed by atoms with Crippen molar-refractivity contribution in [2.45, 2.75) is 19.6 Å². The number of hydrogen-bond acceptors (Lipinski definition) is 6. The van der Waals surface area contributed by atoms with E-state index >= 15 is 0 Å². The van der Waals surface area contributed by atoms with Gasteiger partial charge in [0, 0.05) is 38.0 Å². The van der Waals surface area contributed by atoms with Gasteiger partial charge in [-0.05, 0) is 24.6 Å². The molecule has 2 saturated heterocycles. The largest absolute Gasteiger partial charge is 0.454 e. The second-order valence-electron chi connectivity index (χ2n) is 6.93. The average molecular weight is 368 g/mol. The van der Waals surface area contributed by atoms with Gasteiger partial charge in [0.15, 0.2) is 11.5 Å². The Hall–Kier alpha value is -1.35. The number of fused-ring (bicyclic) bond motifs is 2. The molecule has 1 aromatic rings. The summed E-state index contributed by atoms with van der Waals surface area (Å²) in [5, 5.41) is 0. The number of rotatable bonds is 6. The summed E-state index contributed by atoms with van der Waals surface area (Å²) < 4.78 is 42.7. The number of nitrogens with one attached hydrogen (secondary N) is 1. The summed E-state index contributed by atoms with van der Waals surface area (Å²) in [7, 11) is -3.15. The fourth-order valence-electron chi connectivity index (χ4n) is 3.85. The molecule has 4 rings (SSSR count). The maximum absolute atomic E-state index is 11.7. The molecule has 0 radical (unpaired) electrons. The predicted molar refractivity (Wildman–Crippen MR) is 92.0 cm³/mol. The van der Waals surface area contributed by atoms with Gasteiger partial charge in [0.05, 0.1) is 18.5 Å². The van der Waals surface area contributed by atoms with Crippen molar-refractivity contribution in [1.82, 2.24) is 9.62 Å². The van der Waals surface area contributed by atoms with Gasteiger partial charge < -0.3 is 14.2 Å². The molecular formula is C17H24N2O5S. The molecular weight excluding hydrogens is 344 g/mol. The standard InChI is InChI=1S/C17H24N2O5S/c1-2-25(20,21)18-6-13-10-22-17-9-19(8-14(13)17)7-12-3-4-15-16(5-12)24-11-23-15/h3-5,13-14,17-18H,2,6-11H2,1H3/t13-,14+,17+/m0/s1. The second kappa shape index (κ2) is 6.75. The van der Waals surface area contributed by atoms with Crippen LogP contribution in [0.2, 0.25) is 0 Å². The zero-order valence-corrected chi connectivity index (χ0v) is 15.1. The molecule has 3 atom stereocenters. The minimum atomic E-state index is -3.15. The summed E-state index contributed by atoms with van der Waals surface area (Å²) in [5.74, 6) is 2.35. The predicted octanol–water partition coefficient (Wildman–Crippen LogP) is 0.801. The highest BCUT2D eigenvalue weighted by atomic mass is 32.2. The SMILES string of the molecule is CCS(=O)(=O)NC[C@H]1CO[C@@H]2CN(Cc3ccc4c(c3)OCO4)C[C@H]12. The fourth-order valence-corrected chi connectivity index (χ4v) is 4.52. The van der Waals surface area contributed by atoms with E-state index in [0.717, 1.165) is 31.1 Å². The average Bonchev–Trinajstić information content (AvgIpc) is 3.28. The lowest BCUT2D eigenvalue weighted by Crippen LogP contribution is -2.34. The van der Waals surface area contributed by atoms with Gasteiger partial charge in [-0.3, -0.25) is 4.90 Å². The molecule has 3 aliphatic rings. The molecule has 0 saturated carbocycles. The van der Waals surface area contributed by atoms with Crippen LogP contribution in [0.15, 0.2) is 18.2 Å². The third-order valence-corrected chi connectivity index (χ3v) is 6.67. The van der Waals surface area contributed by atoms with Crippen molar-refractivity contribution in [3.63, 3.8) is 0 Å². The van der Waals surface area contributed by atoms with Gasteiger partial charge in [0.1, 0.15) is 0 Å². The Morgan fingerprint density at radius 3 is 2.92 bits per heavy atom. The first kappa shape index (κ1) is 17.1. The van der Waals surface area contributed by atoms with E-state index < -0.39 is 10.0 Å². The van der Waals surface area contributed by atoms with E-state index in [1.165, 1.54) is 5.56 Å². The van der Waals surface area contributed by atoms with Crippen LogP contribution >= 0.6 is 0 Å². The lowest BCUT2D eigenvalue weighted by molar-refractivity contribution is 0.0942. The topological polar surface area (TPSA) is 77.1 Å². The monoisotopic (exact) mass is 368 g/mol. The summed E-state index contributed by atoms with van der Waals surface area (Å²) in [6.07, 6.45) is 0.199. The molecule has 0 bridgehead atoms. The molecule has 0 aliphatic carbocycles. The first-order chi connectivity index (χ1) is 12.0. The van der Waals surface area contributed by atoms with Crippen LogP contribution < -0.4 is 14.2 Å². The third-order valence-electron chi connectivity index (χ3n) is 5.30. The zero-order valence-electron chi connectivity index (χ0n) is 14.3. The minimum Gasteiger partial charge on any atom is -0.454 e. The summed E-state index contributed by atoms with van der Waals surface area (Å²) in [5.41, 5.74) is 1.19. The smallest absolute Gasteiger partial charge is 0.231 e. The van der Waals surface area contributed by atoms with E-state index in [1.54, 1.807) is 6.92 Å². The van der Waals surface area contributed by atoms with E-state index in [9.17, 15) is 8.42 Å². The highest BCUT2D eigenvalue weighted by Gasteiger charge is 2.43. The van der Waals surface area contributed by atoms with Crippen molar-refractivity contribution >= 4 is 10.0 Å². The normalized spacial score (nSPS) is 28.4. The van der Waals surface area contributed by atoms with E-state index in [-0.39, 0.29) is 24.6 Å². The maximum Gasteiger partial charge on any atom is 0.231 e. The van der Waals surface area contributed by atoms with Crippen molar-refractivity contribution in [2.75, 3.05) is 38.8 Å². The van der Waals surface area contributed by atoms with Crippen LogP contribution in [0, 0.1) is 11.8 Å². The molecule has 0 aromatic heterocycles. The van der Waals surface area contributed by atoms with Crippen LogP contribution in [0.3, 0.4) is 0 Å². The van der Waals surface area contributed by atoms with Crippen molar-refractivity contribution in [3.8, 4) is 11.5 Å². The van der Waals surface area contributed by atoms with Crippen LogP contribution in [0.25, 0.3) is 0 Å². The Kier molecular flexibility index (Phi) is 4.61. The number of sulfonamides is 1. The molecule has 3 heterocycles. The van der Waals surface area contributed by atoms with Gasteiger partial charge in [-0.25, -0.2) is 13.1 Å². The molecule has 0 spiro atoms. The van der Waals surface area contributed by atoms with Crippen molar-refractivity contribution < 1.29 is 22.6 Å². The van der Waals surface area contributed by atoms with Gasteiger partial charge in [0.2, 0.25) is 16.8 Å². The molecule has 0 amide bonds. The van der Waals surface area contributed by atoms with Gasteiger partial charge in [-0.2, -0.15) is 0 Å². The van der Waals surface area contributed by atoms with Gasteiger partial charge in [0.25, 0.3) is 0 Å².